The summed E-state index contributed by atoms with van der Waals surface area (Å²) in [4.78, 5) is 31.6. The molecule has 1 fully saturated rings. The first-order valence-electron chi connectivity index (χ1n) is 7.89. The second-order valence-corrected chi connectivity index (χ2v) is 6.04. The van der Waals surface area contributed by atoms with Gasteiger partial charge in [0.25, 0.3) is 5.56 Å². The molecule has 0 atom stereocenters. The number of nitrogens with zero attached hydrogens (tertiary/aromatic N) is 2. The fourth-order valence-electron chi connectivity index (χ4n) is 3.03. The molecule has 6 nitrogen and oxygen atoms in total. The zero-order valence-corrected chi connectivity index (χ0v) is 13.2. The summed E-state index contributed by atoms with van der Waals surface area (Å²) in [6.07, 6.45) is 3.23. The summed E-state index contributed by atoms with van der Waals surface area (Å²) < 4.78 is 14.1. The maximum Gasteiger partial charge on any atom is 0.250 e. The number of nitrogens with one attached hydrogen (secondary N) is 1. The molecule has 1 saturated heterocycles. The zero-order valence-electron chi connectivity index (χ0n) is 13.2. The van der Waals surface area contributed by atoms with Gasteiger partial charge >= 0.3 is 0 Å². The van der Waals surface area contributed by atoms with E-state index in [2.05, 4.69) is 14.9 Å². The quantitative estimate of drug-likeness (QED) is 0.886. The van der Waals surface area contributed by atoms with Gasteiger partial charge < -0.3 is 10.7 Å². The Morgan fingerprint density at radius 1 is 1.33 bits per heavy atom. The monoisotopic (exact) mass is 330 g/mol. The molecule has 0 radical (unpaired) electrons. The van der Waals surface area contributed by atoms with Gasteiger partial charge in [-0.25, -0.2) is 9.37 Å². The van der Waals surface area contributed by atoms with Crippen LogP contribution in [0.2, 0.25) is 0 Å². The van der Waals surface area contributed by atoms with Crippen molar-refractivity contribution in [3.63, 3.8) is 0 Å². The standard InChI is InChI=1S/C17H19FN4O2/c18-14-9-12(16(19)24)1-2-13(14)10-22-7-4-11(5-8-22)17-20-6-3-15(23)21-17/h1-3,6,9,11H,4-5,7-8,10H2,(H2,19,24)(H,20,21,23). The third-order valence-corrected chi connectivity index (χ3v) is 4.40. The summed E-state index contributed by atoms with van der Waals surface area (Å²) in [7, 11) is 0. The normalized spacial score (nSPS) is 16.2. The fraction of sp³-hybridized carbons (Fsp3) is 0.353. The molecule has 0 bridgehead atoms. The van der Waals surface area contributed by atoms with E-state index in [-0.39, 0.29) is 17.0 Å². The van der Waals surface area contributed by atoms with E-state index in [4.69, 9.17) is 5.73 Å². The minimum Gasteiger partial charge on any atom is -0.366 e. The number of likely N-dealkylation sites (tertiary alicyclic amines) is 1. The van der Waals surface area contributed by atoms with Crippen molar-refractivity contribution in [1.29, 1.82) is 0 Å². The van der Waals surface area contributed by atoms with Gasteiger partial charge in [0, 0.05) is 35.9 Å². The van der Waals surface area contributed by atoms with Crippen LogP contribution >= 0.6 is 0 Å². The van der Waals surface area contributed by atoms with Crippen LogP contribution in [-0.4, -0.2) is 33.9 Å². The molecule has 0 unspecified atom stereocenters. The van der Waals surface area contributed by atoms with Gasteiger partial charge in [-0.3, -0.25) is 14.5 Å². The molecule has 1 aliphatic rings. The van der Waals surface area contributed by atoms with E-state index in [0.29, 0.717) is 12.1 Å². The first-order valence-corrected chi connectivity index (χ1v) is 7.89. The third-order valence-electron chi connectivity index (χ3n) is 4.40. The van der Waals surface area contributed by atoms with Gasteiger partial charge in [0.05, 0.1) is 0 Å². The molecule has 3 rings (SSSR count). The van der Waals surface area contributed by atoms with Crippen LogP contribution in [0.1, 0.15) is 40.5 Å². The van der Waals surface area contributed by atoms with E-state index in [1.807, 2.05) is 0 Å². The Labute approximate surface area is 138 Å². The molecule has 3 N–H and O–H groups in total. The highest BCUT2D eigenvalue weighted by Crippen LogP contribution is 2.26. The first-order chi connectivity index (χ1) is 11.5. The molecule has 24 heavy (non-hydrogen) atoms. The predicted octanol–water partition coefficient (Wildman–Crippen LogP) is 1.39. The number of hydrogen-bond donors (Lipinski definition) is 2. The van der Waals surface area contributed by atoms with E-state index in [0.717, 1.165) is 31.8 Å². The second-order valence-electron chi connectivity index (χ2n) is 6.04. The Balaban J connectivity index is 1.61. The van der Waals surface area contributed by atoms with Crippen LogP contribution < -0.4 is 11.3 Å². The highest BCUT2D eigenvalue weighted by molar-refractivity contribution is 5.92. The minimum absolute atomic E-state index is 0.140. The summed E-state index contributed by atoms with van der Waals surface area (Å²) in [6, 6.07) is 5.74. The van der Waals surface area contributed by atoms with Crippen molar-refractivity contribution < 1.29 is 9.18 Å². The molecule has 1 amide bonds. The van der Waals surface area contributed by atoms with Crippen molar-refractivity contribution in [2.75, 3.05) is 13.1 Å². The largest absolute Gasteiger partial charge is 0.366 e. The van der Waals surface area contributed by atoms with Gasteiger partial charge in [-0.05, 0) is 38.1 Å². The maximum absolute atomic E-state index is 14.1. The number of primary amides is 1. The lowest BCUT2D eigenvalue weighted by Gasteiger charge is -2.31. The summed E-state index contributed by atoms with van der Waals surface area (Å²) in [5.41, 5.74) is 5.73. The van der Waals surface area contributed by atoms with Crippen LogP contribution in [0.15, 0.2) is 35.3 Å². The average Bonchev–Trinajstić information content (AvgIpc) is 2.57. The van der Waals surface area contributed by atoms with Gasteiger partial charge in [0.1, 0.15) is 11.6 Å². The van der Waals surface area contributed by atoms with E-state index in [1.54, 1.807) is 12.1 Å². The number of carbonyl (C=O) groups excluding carboxylic acids is 1. The molecule has 1 aromatic carbocycles. The van der Waals surface area contributed by atoms with Crippen LogP contribution in [-0.2, 0) is 6.54 Å². The number of halogens is 1. The van der Waals surface area contributed by atoms with Gasteiger partial charge in [0.15, 0.2) is 0 Å². The van der Waals surface area contributed by atoms with Crippen molar-refractivity contribution in [3.8, 4) is 0 Å². The minimum atomic E-state index is -0.634. The molecular weight excluding hydrogens is 311 g/mol. The Bertz CT molecular complexity index is 797. The lowest BCUT2D eigenvalue weighted by Crippen LogP contribution is -2.33. The number of H-pyrrole nitrogens is 1. The number of amides is 1. The number of aromatic nitrogens is 2. The van der Waals surface area contributed by atoms with Crippen LogP contribution in [0.4, 0.5) is 4.39 Å². The highest BCUT2D eigenvalue weighted by Gasteiger charge is 2.23. The highest BCUT2D eigenvalue weighted by atomic mass is 19.1. The third kappa shape index (κ3) is 3.68. The van der Waals surface area contributed by atoms with Crippen molar-refractivity contribution in [2.24, 2.45) is 5.73 Å². The van der Waals surface area contributed by atoms with Crippen LogP contribution in [0.5, 0.6) is 0 Å². The van der Waals surface area contributed by atoms with Gasteiger partial charge in [-0.2, -0.15) is 0 Å². The van der Waals surface area contributed by atoms with Crippen LogP contribution in [0, 0.1) is 5.82 Å². The Morgan fingerprint density at radius 2 is 2.08 bits per heavy atom. The van der Waals surface area contributed by atoms with E-state index in [9.17, 15) is 14.0 Å². The number of rotatable bonds is 4. The molecule has 0 saturated carbocycles. The Kier molecular flexibility index (Phi) is 4.71. The fourth-order valence-corrected chi connectivity index (χ4v) is 3.03. The van der Waals surface area contributed by atoms with Gasteiger partial charge in [-0.15, -0.1) is 0 Å². The molecule has 7 heteroatoms. The van der Waals surface area contributed by atoms with E-state index < -0.39 is 11.7 Å². The van der Waals surface area contributed by atoms with Crippen molar-refractivity contribution in [2.45, 2.75) is 25.3 Å². The maximum atomic E-state index is 14.1. The SMILES string of the molecule is NC(=O)c1ccc(CN2CCC(c3nccc(=O)[nH]3)CC2)c(F)c1. The molecule has 0 aliphatic carbocycles. The number of piperidine rings is 1. The second kappa shape index (κ2) is 6.92. The summed E-state index contributed by atoms with van der Waals surface area (Å²) >= 11 is 0. The lowest BCUT2D eigenvalue weighted by molar-refractivity contribution is 0.1000. The first kappa shape index (κ1) is 16.3. The van der Waals surface area contributed by atoms with Crippen molar-refractivity contribution >= 4 is 5.91 Å². The zero-order chi connectivity index (χ0) is 17.1. The number of aromatic amines is 1. The number of nitrogens with two attached hydrogens (primary N) is 1. The van der Waals surface area contributed by atoms with Gasteiger partial charge in [-0.1, -0.05) is 6.07 Å². The lowest BCUT2D eigenvalue weighted by atomic mass is 9.95. The Hall–Kier alpha value is -2.54. The van der Waals surface area contributed by atoms with Crippen molar-refractivity contribution in [3.05, 3.63) is 63.6 Å². The van der Waals surface area contributed by atoms with Gasteiger partial charge in [0.2, 0.25) is 5.91 Å². The predicted molar refractivity (Wildman–Crippen MR) is 87.0 cm³/mol. The Morgan fingerprint density at radius 3 is 2.71 bits per heavy atom. The van der Waals surface area contributed by atoms with E-state index in [1.165, 1.54) is 18.3 Å². The molecule has 2 heterocycles. The number of hydrogen-bond acceptors (Lipinski definition) is 4. The topological polar surface area (TPSA) is 92.1 Å². The smallest absolute Gasteiger partial charge is 0.250 e. The molecule has 0 spiro atoms. The molecule has 1 aliphatic heterocycles. The number of benzene rings is 1. The molecule has 126 valence electrons. The summed E-state index contributed by atoms with van der Waals surface area (Å²) in [5.74, 6) is -0.107. The molecular formula is C17H19FN4O2. The summed E-state index contributed by atoms with van der Waals surface area (Å²) in [5, 5.41) is 0. The average molecular weight is 330 g/mol. The summed E-state index contributed by atoms with van der Waals surface area (Å²) in [6.45, 7) is 2.07. The van der Waals surface area contributed by atoms with E-state index >= 15 is 0 Å². The molecule has 2 aromatic rings. The number of carbonyl (C=O) groups is 1. The van der Waals surface area contributed by atoms with Crippen molar-refractivity contribution in [1.82, 2.24) is 14.9 Å². The molecule has 1 aromatic heterocycles. The van der Waals surface area contributed by atoms with Crippen LogP contribution in [0.3, 0.4) is 0 Å². The van der Waals surface area contributed by atoms with Crippen LogP contribution in [0.25, 0.3) is 0 Å².